The number of hydrogen-bond donors (Lipinski definition) is 1. The molecule has 11 nitrogen and oxygen atoms in total. The van der Waals surface area contributed by atoms with Gasteiger partial charge in [-0.1, -0.05) is 18.2 Å². The maximum absolute atomic E-state index is 12.7. The minimum Gasteiger partial charge on any atom is -0.444 e. The number of nitrogens with zero attached hydrogens (tertiary/aromatic N) is 8. The second-order valence-corrected chi connectivity index (χ2v) is 12.1. The summed E-state index contributed by atoms with van der Waals surface area (Å²) < 4.78 is 9.65. The lowest BCUT2D eigenvalue weighted by Crippen LogP contribution is -2.47. The van der Waals surface area contributed by atoms with Gasteiger partial charge in [-0.05, 0) is 84.2 Å². The fraction of sp³-hybridized carbons (Fsp3) is 0.375. The quantitative estimate of drug-likeness (QED) is 0.278. The van der Waals surface area contributed by atoms with E-state index in [-0.39, 0.29) is 12.1 Å². The molecular formula is C32H37N9O2. The van der Waals surface area contributed by atoms with Crippen LogP contribution in [0.25, 0.3) is 33.8 Å². The van der Waals surface area contributed by atoms with Gasteiger partial charge in [0, 0.05) is 48.2 Å². The zero-order valence-corrected chi connectivity index (χ0v) is 25.5. The molecule has 1 atom stereocenters. The minimum absolute atomic E-state index is 0.0157. The summed E-state index contributed by atoms with van der Waals surface area (Å²) in [6.45, 7) is 12.7. The van der Waals surface area contributed by atoms with Crippen molar-refractivity contribution >= 4 is 23.1 Å². The fourth-order valence-electron chi connectivity index (χ4n) is 5.54. The first kappa shape index (κ1) is 28.3. The Balaban J connectivity index is 1.36. The number of nitrogens with one attached hydrogen (secondary N) is 1. The van der Waals surface area contributed by atoms with Gasteiger partial charge in [-0.15, -0.1) is 10.2 Å². The van der Waals surface area contributed by atoms with Crippen LogP contribution in [0.15, 0.2) is 54.9 Å². The van der Waals surface area contributed by atoms with Crippen LogP contribution in [-0.2, 0) is 4.74 Å². The summed E-state index contributed by atoms with van der Waals surface area (Å²) in [6.07, 6.45) is 5.43. The summed E-state index contributed by atoms with van der Waals surface area (Å²) >= 11 is 0. The number of amides is 1. The third-order valence-electron chi connectivity index (χ3n) is 7.52. The van der Waals surface area contributed by atoms with Crippen molar-refractivity contribution in [3.8, 4) is 22.8 Å². The van der Waals surface area contributed by atoms with E-state index in [1.165, 1.54) is 0 Å². The molecule has 0 saturated carbocycles. The molecule has 0 radical (unpaired) electrons. The van der Waals surface area contributed by atoms with E-state index in [4.69, 9.17) is 14.7 Å². The Morgan fingerprint density at radius 3 is 2.47 bits per heavy atom. The van der Waals surface area contributed by atoms with Gasteiger partial charge in [0.15, 0.2) is 0 Å². The lowest BCUT2D eigenvalue weighted by Gasteiger charge is -2.34. The number of piperidine rings is 1. The summed E-state index contributed by atoms with van der Waals surface area (Å²) in [6, 6.07) is 14.2. The average Bonchev–Trinajstić information content (AvgIpc) is 3.52. The van der Waals surface area contributed by atoms with Gasteiger partial charge in [-0.25, -0.2) is 19.7 Å². The molecule has 1 fully saturated rings. The summed E-state index contributed by atoms with van der Waals surface area (Å²) in [5.41, 5.74) is 3.99. The zero-order valence-electron chi connectivity index (χ0n) is 25.5. The Hall–Kier alpha value is -4.80. The largest absolute Gasteiger partial charge is 0.444 e. The number of ether oxygens (including phenoxy) is 1. The van der Waals surface area contributed by atoms with E-state index in [2.05, 4.69) is 49.5 Å². The standard InChI is InChI=1S/C32H37N9O2/c1-20-17-33-30(34-23-11-10-16-39(18-23)31(42)43-32(4,5)6)36-28(20)26-19-40(24-12-8-7-9-13-24)29-25(26)14-15-27(35-29)41-21(2)37-38-22(41)3/h7-9,12-15,17,19,23H,10-11,16,18H2,1-6H3,(H,33,34,36)/t23-/m0/s1. The van der Waals surface area contributed by atoms with Gasteiger partial charge >= 0.3 is 6.09 Å². The number of fused-ring (bicyclic) bond motifs is 1. The number of aryl methyl sites for hydroxylation is 3. The molecule has 0 aliphatic carbocycles. The third kappa shape index (κ3) is 5.79. The van der Waals surface area contributed by atoms with Crippen molar-refractivity contribution in [1.82, 2.24) is 39.2 Å². The highest BCUT2D eigenvalue weighted by Gasteiger charge is 2.28. The van der Waals surface area contributed by atoms with Crippen molar-refractivity contribution in [2.75, 3.05) is 18.4 Å². The van der Waals surface area contributed by atoms with Crippen LogP contribution < -0.4 is 5.32 Å². The molecule has 5 aromatic rings. The Morgan fingerprint density at radius 2 is 1.74 bits per heavy atom. The highest BCUT2D eigenvalue weighted by atomic mass is 16.6. The molecule has 222 valence electrons. The molecule has 0 unspecified atom stereocenters. The van der Waals surface area contributed by atoms with E-state index in [0.717, 1.165) is 63.8 Å². The first-order valence-corrected chi connectivity index (χ1v) is 14.6. The molecule has 5 heterocycles. The van der Waals surface area contributed by atoms with Crippen LogP contribution in [0.1, 0.15) is 50.8 Å². The number of para-hydroxylation sites is 1. The normalized spacial score (nSPS) is 15.6. The lowest BCUT2D eigenvalue weighted by molar-refractivity contribution is 0.0206. The van der Waals surface area contributed by atoms with Gasteiger partial charge in [-0.2, -0.15) is 0 Å². The topological polar surface area (TPSA) is 116 Å². The Morgan fingerprint density at radius 1 is 1.00 bits per heavy atom. The summed E-state index contributed by atoms with van der Waals surface area (Å²) in [5.74, 6) is 2.83. The molecule has 11 heteroatoms. The molecule has 43 heavy (non-hydrogen) atoms. The second kappa shape index (κ2) is 11.1. The summed E-state index contributed by atoms with van der Waals surface area (Å²) in [5, 5.41) is 12.9. The van der Waals surface area contributed by atoms with Gasteiger partial charge in [0.25, 0.3) is 0 Å². The van der Waals surface area contributed by atoms with Gasteiger partial charge in [0.05, 0.1) is 5.69 Å². The number of hydrogen-bond acceptors (Lipinski definition) is 8. The predicted molar refractivity (Wildman–Crippen MR) is 166 cm³/mol. The van der Waals surface area contributed by atoms with Crippen LogP contribution in [0.4, 0.5) is 10.7 Å². The number of anilines is 1. The van der Waals surface area contributed by atoms with Crippen LogP contribution in [0.2, 0.25) is 0 Å². The number of pyridine rings is 1. The highest BCUT2D eigenvalue weighted by molar-refractivity contribution is 5.95. The predicted octanol–water partition coefficient (Wildman–Crippen LogP) is 5.80. The Bertz CT molecular complexity index is 1770. The molecule has 1 saturated heterocycles. The molecule has 1 aliphatic rings. The van der Waals surface area contributed by atoms with Crippen LogP contribution >= 0.6 is 0 Å². The van der Waals surface area contributed by atoms with Crippen LogP contribution in [0, 0.1) is 20.8 Å². The molecule has 1 aliphatic heterocycles. The van der Waals surface area contributed by atoms with Gasteiger partial charge in [-0.3, -0.25) is 4.57 Å². The summed E-state index contributed by atoms with van der Waals surface area (Å²) in [4.78, 5) is 29.2. The van der Waals surface area contributed by atoms with E-state index >= 15 is 0 Å². The summed E-state index contributed by atoms with van der Waals surface area (Å²) in [7, 11) is 0. The van der Waals surface area contributed by atoms with Crippen molar-refractivity contribution in [3.05, 3.63) is 72.1 Å². The van der Waals surface area contributed by atoms with Crippen molar-refractivity contribution in [2.45, 2.75) is 66.0 Å². The first-order valence-electron chi connectivity index (χ1n) is 14.6. The highest BCUT2D eigenvalue weighted by Crippen LogP contribution is 2.34. The van der Waals surface area contributed by atoms with Crippen molar-refractivity contribution in [3.63, 3.8) is 0 Å². The number of rotatable bonds is 5. The number of likely N-dealkylation sites (tertiary alicyclic amines) is 1. The van der Waals surface area contributed by atoms with Crippen LogP contribution in [0.3, 0.4) is 0 Å². The molecule has 4 aromatic heterocycles. The third-order valence-corrected chi connectivity index (χ3v) is 7.52. The molecule has 1 amide bonds. The van der Waals surface area contributed by atoms with Gasteiger partial charge < -0.3 is 19.5 Å². The number of carbonyl (C=O) groups excluding carboxylic acids is 1. The van der Waals surface area contributed by atoms with Crippen molar-refractivity contribution in [1.29, 1.82) is 0 Å². The van der Waals surface area contributed by atoms with E-state index in [0.29, 0.717) is 19.0 Å². The van der Waals surface area contributed by atoms with Crippen molar-refractivity contribution < 1.29 is 9.53 Å². The molecule has 0 spiro atoms. The van der Waals surface area contributed by atoms with Gasteiger partial charge in [0.1, 0.15) is 28.7 Å². The van der Waals surface area contributed by atoms with E-state index in [1.807, 2.05) is 76.6 Å². The monoisotopic (exact) mass is 579 g/mol. The number of aromatic nitrogens is 7. The number of benzene rings is 1. The maximum Gasteiger partial charge on any atom is 0.410 e. The Labute approximate surface area is 251 Å². The Kier molecular flexibility index (Phi) is 7.33. The molecular weight excluding hydrogens is 542 g/mol. The SMILES string of the molecule is Cc1cnc(N[C@H]2CCCN(C(=O)OC(C)(C)C)C2)nc1-c1cn(-c2ccccc2)c2nc(-n3c(C)nnc3C)ccc12. The van der Waals surface area contributed by atoms with E-state index in [1.54, 1.807) is 4.90 Å². The first-order chi connectivity index (χ1) is 20.6. The molecule has 0 bridgehead atoms. The number of carbonyl (C=O) groups is 1. The minimum atomic E-state index is -0.533. The average molecular weight is 580 g/mol. The zero-order chi connectivity index (χ0) is 30.3. The molecule has 1 N–H and O–H groups in total. The van der Waals surface area contributed by atoms with E-state index < -0.39 is 5.60 Å². The maximum atomic E-state index is 12.7. The molecule has 6 rings (SSSR count). The molecule has 1 aromatic carbocycles. The van der Waals surface area contributed by atoms with E-state index in [9.17, 15) is 4.79 Å². The van der Waals surface area contributed by atoms with Crippen LogP contribution in [-0.4, -0.2) is 70.0 Å². The van der Waals surface area contributed by atoms with Gasteiger partial charge in [0.2, 0.25) is 5.95 Å². The second-order valence-electron chi connectivity index (χ2n) is 12.1. The lowest BCUT2D eigenvalue weighted by atomic mass is 10.1. The fourth-order valence-corrected chi connectivity index (χ4v) is 5.54. The van der Waals surface area contributed by atoms with Crippen molar-refractivity contribution in [2.24, 2.45) is 0 Å². The van der Waals surface area contributed by atoms with Crippen LogP contribution in [0.5, 0.6) is 0 Å². The smallest absolute Gasteiger partial charge is 0.410 e.